The molecule has 0 saturated carbocycles. The second-order valence-corrected chi connectivity index (χ2v) is 2.41. The van der Waals surface area contributed by atoms with Gasteiger partial charge in [0.05, 0.1) is 0 Å². The van der Waals surface area contributed by atoms with Gasteiger partial charge in [0.25, 0.3) is 0 Å². The molecule has 3 heteroatoms. The molecule has 1 heterocycles. The molecule has 1 aromatic rings. The van der Waals surface area contributed by atoms with Crippen molar-refractivity contribution in [3.63, 3.8) is 0 Å². The molecule has 68 valence electrons. The molecular formula is C9H17N3. The van der Waals surface area contributed by atoms with Gasteiger partial charge in [-0.05, 0) is 6.92 Å². The normalized spacial score (nSPS) is 8.42. The van der Waals surface area contributed by atoms with E-state index >= 15 is 0 Å². The van der Waals surface area contributed by atoms with Gasteiger partial charge in [0, 0.05) is 25.9 Å². The summed E-state index contributed by atoms with van der Waals surface area (Å²) in [7, 11) is 3.92. The summed E-state index contributed by atoms with van der Waals surface area (Å²) in [6.07, 6.45) is 1.57. The zero-order chi connectivity index (χ0) is 9.56. The molecule has 0 amide bonds. The van der Waals surface area contributed by atoms with Gasteiger partial charge < -0.3 is 4.90 Å². The third-order valence-electron chi connectivity index (χ3n) is 1.25. The van der Waals surface area contributed by atoms with Crippen molar-refractivity contribution < 1.29 is 0 Å². The maximum atomic E-state index is 4.05. The average molecular weight is 167 g/mol. The van der Waals surface area contributed by atoms with Crippen molar-refractivity contribution >= 4 is 5.82 Å². The molecule has 0 radical (unpaired) electrons. The molecule has 1 aromatic heterocycles. The van der Waals surface area contributed by atoms with Crippen molar-refractivity contribution in [3.05, 3.63) is 18.1 Å². The number of hydrogen-bond donors (Lipinski definition) is 0. The fourth-order valence-electron chi connectivity index (χ4n) is 0.685. The Bertz CT molecular complexity index is 221. The first-order chi connectivity index (χ1) is 5.70. The summed E-state index contributed by atoms with van der Waals surface area (Å²) in [5.74, 6) is 0.951. The molecule has 0 atom stereocenters. The zero-order valence-corrected chi connectivity index (χ0v) is 8.50. The van der Waals surface area contributed by atoms with Gasteiger partial charge in [0.15, 0.2) is 0 Å². The van der Waals surface area contributed by atoms with Crippen LogP contribution in [0.4, 0.5) is 5.82 Å². The van der Waals surface area contributed by atoms with Crippen LogP contribution in [-0.2, 0) is 0 Å². The highest BCUT2D eigenvalue weighted by Crippen LogP contribution is 2.04. The number of rotatable bonds is 1. The summed E-state index contributed by atoms with van der Waals surface area (Å²) in [6, 6.07) is 1.94. The van der Waals surface area contributed by atoms with Crippen LogP contribution in [-0.4, -0.2) is 24.1 Å². The standard InChI is InChI=1S/C7H11N3.C2H6/c1-6-4-7(10(2)3)9-5-8-6;1-2/h4-5H,1-3H3;1-2H3. The highest BCUT2D eigenvalue weighted by Gasteiger charge is 1.94. The number of nitrogens with zero attached hydrogens (tertiary/aromatic N) is 3. The average Bonchev–Trinajstić information content (AvgIpc) is 2.08. The largest absolute Gasteiger partial charge is 0.363 e. The smallest absolute Gasteiger partial charge is 0.131 e. The molecule has 0 N–H and O–H groups in total. The minimum Gasteiger partial charge on any atom is -0.363 e. The van der Waals surface area contributed by atoms with E-state index in [0.717, 1.165) is 11.5 Å². The fraction of sp³-hybridized carbons (Fsp3) is 0.556. The number of aromatic nitrogens is 2. The highest BCUT2D eigenvalue weighted by atomic mass is 15.1. The monoisotopic (exact) mass is 167 g/mol. The molecule has 0 spiro atoms. The van der Waals surface area contributed by atoms with Crippen LogP contribution in [0.2, 0.25) is 0 Å². The molecule has 0 aliphatic heterocycles. The van der Waals surface area contributed by atoms with Crippen LogP contribution < -0.4 is 4.90 Å². The fourth-order valence-corrected chi connectivity index (χ4v) is 0.685. The van der Waals surface area contributed by atoms with E-state index in [1.807, 2.05) is 45.8 Å². The van der Waals surface area contributed by atoms with Gasteiger partial charge in [0.2, 0.25) is 0 Å². The van der Waals surface area contributed by atoms with Crippen LogP contribution in [0.15, 0.2) is 12.4 Å². The first kappa shape index (κ1) is 10.9. The summed E-state index contributed by atoms with van der Waals surface area (Å²) < 4.78 is 0. The lowest BCUT2D eigenvalue weighted by atomic mass is 10.4. The van der Waals surface area contributed by atoms with Crippen molar-refractivity contribution in [2.75, 3.05) is 19.0 Å². The summed E-state index contributed by atoms with van der Waals surface area (Å²) in [5, 5.41) is 0. The van der Waals surface area contributed by atoms with E-state index < -0.39 is 0 Å². The van der Waals surface area contributed by atoms with Gasteiger partial charge >= 0.3 is 0 Å². The number of anilines is 1. The molecule has 0 unspecified atom stereocenters. The highest BCUT2D eigenvalue weighted by molar-refractivity contribution is 5.35. The maximum absolute atomic E-state index is 4.05. The molecule has 3 nitrogen and oxygen atoms in total. The Labute approximate surface area is 74.5 Å². The molecule has 0 fully saturated rings. The summed E-state index contributed by atoms with van der Waals surface area (Å²) >= 11 is 0. The predicted molar refractivity (Wildman–Crippen MR) is 52.4 cm³/mol. The Morgan fingerprint density at radius 1 is 1.17 bits per heavy atom. The Kier molecular flexibility index (Phi) is 5.00. The van der Waals surface area contributed by atoms with Crippen LogP contribution in [0.1, 0.15) is 19.5 Å². The van der Waals surface area contributed by atoms with Crippen molar-refractivity contribution in [2.45, 2.75) is 20.8 Å². The number of hydrogen-bond acceptors (Lipinski definition) is 3. The zero-order valence-electron chi connectivity index (χ0n) is 8.50. The van der Waals surface area contributed by atoms with Gasteiger partial charge in [0.1, 0.15) is 12.1 Å². The van der Waals surface area contributed by atoms with Crippen molar-refractivity contribution in [3.8, 4) is 0 Å². The Morgan fingerprint density at radius 3 is 2.08 bits per heavy atom. The van der Waals surface area contributed by atoms with Crippen molar-refractivity contribution in [1.29, 1.82) is 0 Å². The van der Waals surface area contributed by atoms with Crippen molar-refractivity contribution in [2.24, 2.45) is 0 Å². The minimum atomic E-state index is 0.951. The molecule has 1 rings (SSSR count). The molecule has 0 aromatic carbocycles. The maximum Gasteiger partial charge on any atom is 0.131 e. The predicted octanol–water partition coefficient (Wildman–Crippen LogP) is 1.88. The quantitative estimate of drug-likeness (QED) is 0.639. The Balaban J connectivity index is 0.000000561. The minimum absolute atomic E-state index is 0.951. The van der Waals surface area contributed by atoms with E-state index in [0.29, 0.717) is 0 Å². The van der Waals surface area contributed by atoms with E-state index in [4.69, 9.17) is 0 Å². The van der Waals surface area contributed by atoms with Crippen LogP contribution >= 0.6 is 0 Å². The van der Waals surface area contributed by atoms with Gasteiger partial charge in [-0.2, -0.15) is 0 Å². The van der Waals surface area contributed by atoms with Gasteiger partial charge in [-0.15, -0.1) is 0 Å². The third-order valence-corrected chi connectivity index (χ3v) is 1.25. The lowest BCUT2D eigenvalue weighted by Gasteiger charge is -2.09. The van der Waals surface area contributed by atoms with Crippen LogP contribution in [0.5, 0.6) is 0 Å². The Morgan fingerprint density at radius 2 is 1.75 bits per heavy atom. The molecule has 0 aliphatic rings. The second-order valence-electron chi connectivity index (χ2n) is 2.41. The van der Waals surface area contributed by atoms with Gasteiger partial charge in [-0.1, -0.05) is 13.8 Å². The van der Waals surface area contributed by atoms with E-state index in [1.165, 1.54) is 0 Å². The second kappa shape index (κ2) is 5.52. The summed E-state index contributed by atoms with van der Waals surface area (Å²) in [6.45, 7) is 5.95. The first-order valence-corrected chi connectivity index (χ1v) is 4.16. The van der Waals surface area contributed by atoms with Crippen LogP contribution in [0.25, 0.3) is 0 Å². The molecule has 12 heavy (non-hydrogen) atoms. The number of aryl methyl sites for hydroxylation is 1. The SMILES string of the molecule is CC.Cc1cc(N(C)C)ncn1. The van der Waals surface area contributed by atoms with Gasteiger partial charge in [-0.25, -0.2) is 9.97 Å². The van der Waals surface area contributed by atoms with E-state index in [-0.39, 0.29) is 0 Å². The Hall–Kier alpha value is -1.12. The third kappa shape index (κ3) is 3.32. The van der Waals surface area contributed by atoms with Crippen LogP contribution in [0.3, 0.4) is 0 Å². The van der Waals surface area contributed by atoms with Crippen LogP contribution in [0, 0.1) is 6.92 Å². The summed E-state index contributed by atoms with van der Waals surface area (Å²) in [5.41, 5.74) is 0.999. The van der Waals surface area contributed by atoms with E-state index in [2.05, 4.69) is 9.97 Å². The molecule has 0 aliphatic carbocycles. The lowest BCUT2D eigenvalue weighted by molar-refractivity contribution is 1.01. The molecule has 0 bridgehead atoms. The van der Waals surface area contributed by atoms with Gasteiger partial charge in [-0.3, -0.25) is 0 Å². The van der Waals surface area contributed by atoms with Crippen molar-refractivity contribution in [1.82, 2.24) is 9.97 Å². The van der Waals surface area contributed by atoms with E-state index in [9.17, 15) is 0 Å². The summed E-state index contributed by atoms with van der Waals surface area (Å²) in [4.78, 5) is 9.99. The molecule has 0 saturated heterocycles. The van der Waals surface area contributed by atoms with E-state index in [1.54, 1.807) is 6.33 Å². The first-order valence-electron chi connectivity index (χ1n) is 4.16. The lowest BCUT2D eigenvalue weighted by Crippen LogP contribution is -2.10. The molecular weight excluding hydrogens is 150 g/mol. The topological polar surface area (TPSA) is 29.0 Å².